The fourth-order valence-electron chi connectivity index (χ4n) is 16.2. The summed E-state index contributed by atoms with van der Waals surface area (Å²) in [7, 11) is 0. The smallest absolute Gasteiger partial charge is 0.227 e. The van der Waals surface area contributed by atoms with Gasteiger partial charge in [-0.1, -0.05) is 315 Å². The van der Waals surface area contributed by atoms with Crippen molar-refractivity contribution in [1.29, 1.82) is 0 Å². The molecule has 18 rings (SSSR count). The molecule has 0 saturated heterocycles. The molecular formula is C86H55NO. The van der Waals surface area contributed by atoms with Crippen LogP contribution in [0.4, 0.5) is 0 Å². The number of hydrogen-bond donors (Lipinski definition) is 0. The monoisotopic (exact) mass is 1120 g/mol. The third-order valence-electron chi connectivity index (χ3n) is 19.8. The van der Waals surface area contributed by atoms with Gasteiger partial charge in [-0.25, -0.2) is 4.98 Å². The first kappa shape index (κ1) is 50.2. The summed E-state index contributed by atoms with van der Waals surface area (Å²) in [6.45, 7) is 0. The molecule has 15 aromatic rings. The minimum atomic E-state index is -0.904. The molecule has 0 saturated carbocycles. The van der Waals surface area contributed by atoms with E-state index in [1.807, 2.05) is 12.3 Å². The molecule has 0 bridgehead atoms. The number of nitrogens with zero attached hydrogens (tertiary/aromatic N) is 1. The lowest BCUT2D eigenvalue weighted by atomic mass is 9.60. The highest BCUT2D eigenvalue weighted by Crippen LogP contribution is 2.64. The van der Waals surface area contributed by atoms with E-state index in [-0.39, 0.29) is 0 Å². The summed E-state index contributed by atoms with van der Waals surface area (Å²) in [5.74, 6) is 0. The molecule has 0 radical (unpaired) electrons. The SMILES string of the molecule is c1ccc(-c2ccc(C3(c4cc(C5(c6ccc(-c7ccccc7)cc6)c6ccccc6-c6ccccc65)cc(C5(c6ccc(-c7ccccc7)cc6)c6ccccc6-c6c5ccc5c6oc6ncccc65)c4)c4ccccc4-c4ccccc43)cc2)cc1. The van der Waals surface area contributed by atoms with E-state index in [1.165, 1.54) is 100 Å². The lowest BCUT2D eigenvalue weighted by Gasteiger charge is -2.41. The van der Waals surface area contributed by atoms with Crippen LogP contribution in [0.25, 0.3) is 88.8 Å². The predicted octanol–water partition coefficient (Wildman–Crippen LogP) is 21.1. The third kappa shape index (κ3) is 6.97. The number of rotatable bonds is 9. The normalized spacial score (nSPS) is 15.3. The van der Waals surface area contributed by atoms with Crippen LogP contribution in [0.5, 0.6) is 0 Å². The van der Waals surface area contributed by atoms with E-state index in [0.717, 1.165) is 49.7 Å². The average Bonchev–Trinajstić information content (AvgIpc) is 1.61. The second kappa shape index (κ2) is 19.4. The summed E-state index contributed by atoms with van der Waals surface area (Å²) in [4.78, 5) is 4.83. The first-order valence-corrected chi connectivity index (χ1v) is 30.6. The summed E-state index contributed by atoms with van der Waals surface area (Å²) < 4.78 is 7.08. The van der Waals surface area contributed by atoms with Crippen molar-refractivity contribution in [3.05, 3.63) is 401 Å². The Morgan fingerprint density at radius 2 is 0.545 bits per heavy atom. The molecule has 13 aromatic carbocycles. The molecule has 2 heteroatoms. The van der Waals surface area contributed by atoms with Gasteiger partial charge in [-0.15, -0.1) is 0 Å². The molecule has 410 valence electrons. The standard InChI is InChI=1S/C86H55NO/c1-4-21-56(22-5-1)59-38-44-62(45-39-59)84(75-33-15-10-27-68(75)69-28-11-16-34-76(69)84)65-53-66(85(63-46-40-60(41-47-63)57-23-6-2-7-24-57)77-35-17-12-29-70(77)71-30-13-18-36-78(71)85)55-67(54-65)86(64-48-42-61(43-49-64)58-25-8-3-9-26-58)79-37-19-14-31-74(79)81-80(86)51-50-72-73-32-20-52-87-83(73)88-82(72)81/h1-55H. The number of furan rings is 1. The highest BCUT2D eigenvalue weighted by Gasteiger charge is 2.53. The van der Waals surface area contributed by atoms with Crippen LogP contribution in [0, 0.1) is 0 Å². The molecule has 2 nitrogen and oxygen atoms in total. The molecule has 3 aliphatic rings. The van der Waals surface area contributed by atoms with Gasteiger partial charge < -0.3 is 4.42 Å². The van der Waals surface area contributed by atoms with E-state index in [9.17, 15) is 0 Å². The maximum atomic E-state index is 7.08. The first-order chi connectivity index (χ1) is 43.6. The molecule has 1 unspecified atom stereocenters. The Kier molecular flexibility index (Phi) is 11.1. The zero-order valence-electron chi connectivity index (χ0n) is 48.1. The maximum Gasteiger partial charge on any atom is 0.227 e. The molecule has 88 heavy (non-hydrogen) atoms. The van der Waals surface area contributed by atoms with Crippen LogP contribution in [-0.4, -0.2) is 4.98 Å². The van der Waals surface area contributed by atoms with Crippen LogP contribution >= 0.6 is 0 Å². The summed E-state index contributed by atoms with van der Waals surface area (Å²) in [5.41, 5.74) is 27.7. The van der Waals surface area contributed by atoms with Crippen molar-refractivity contribution in [1.82, 2.24) is 4.98 Å². The van der Waals surface area contributed by atoms with Gasteiger partial charge in [0.1, 0.15) is 5.58 Å². The van der Waals surface area contributed by atoms with Gasteiger partial charge >= 0.3 is 0 Å². The van der Waals surface area contributed by atoms with Crippen LogP contribution in [-0.2, 0) is 16.2 Å². The number of aromatic nitrogens is 1. The van der Waals surface area contributed by atoms with Crippen molar-refractivity contribution < 1.29 is 4.42 Å². The number of pyridine rings is 1. The van der Waals surface area contributed by atoms with Gasteiger partial charge in [-0.2, -0.15) is 0 Å². The van der Waals surface area contributed by atoms with Gasteiger partial charge in [0.15, 0.2) is 0 Å². The van der Waals surface area contributed by atoms with E-state index in [1.54, 1.807) is 0 Å². The maximum absolute atomic E-state index is 7.08. The first-order valence-electron chi connectivity index (χ1n) is 30.6. The molecule has 0 spiro atoms. The van der Waals surface area contributed by atoms with Crippen molar-refractivity contribution >= 4 is 22.1 Å². The fourth-order valence-corrected chi connectivity index (χ4v) is 16.2. The van der Waals surface area contributed by atoms with Crippen molar-refractivity contribution in [2.24, 2.45) is 0 Å². The molecule has 2 heterocycles. The highest BCUT2D eigenvalue weighted by atomic mass is 16.3. The number of fused-ring (bicyclic) bond motifs is 13. The topological polar surface area (TPSA) is 26.0 Å². The molecule has 0 fully saturated rings. The number of hydrogen-bond acceptors (Lipinski definition) is 2. The molecule has 3 aliphatic carbocycles. The Hall–Kier alpha value is -11.2. The van der Waals surface area contributed by atoms with Crippen LogP contribution in [0.2, 0.25) is 0 Å². The van der Waals surface area contributed by atoms with E-state index in [4.69, 9.17) is 9.40 Å². The Labute approximate surface area is 512 Å². The van der Waals surface area contributed by atoms with Crippen LogP contribution in [0.15, 0.2) is 338 Å². The van der Waals surface area contributed by atoms with E-state index in [0.29, 0.717) is 5.71 Å². The molecule has 1 atom stereocenters. The third-order valence-corrected chi connectivity index (χ3v) is 19.8. The number of benzene rings is 13. The lowest BCUT2D eigenvalue weighted by Crippen LogP contribution is -2.35. The van der Waals surface area contributed by atoms with Crippen molar-refractivity contribution in [3.63, 3.8) is 0 Å². The van der Waals surface area contributed by atoms with E-state index >= 15 is 0 Å². The van der Waals surface area contributed by atoms with Gasteiger partial charge in [-0.3, -0.25) is 0 Å². The Morgan fingerprint density at radius 1 is 0.227 bits per heavy atom. The second-order valence-corrected chi connectivity index (χ2v) is 23.9. The fraction of sp³-hybridized carbons (Fsp3) is 0.0349. The van der Waals surface area contributed by atoms with Crippen molar-refractivity contribution in [2.75, 3.05) is 0 Å². The van der Waals surface area contributed by atoms with E-state index < -0.39 is 16.2 Å². The Bertz CT molecular complexity index is 4940. The zero-order chi connectivity index (χ0) is 58.0. The summed E-state index contributed by atoms with van der Waals surface area (Å²) in [5, 5.41) is 2.06. The van der Waals surface area contributed by atoms with Gasteiger partial charge in [0.2, 0.25) is 5.71 Å². The quantitative estimate of drug-likeness (QED) is 0.144. The van der Waals surface area contributed by atoms with Crippen LogP contribution in [0.1, 0.15) is 66.8 Å². The van der Waals surface area contributed by atoms with Crippen molar-refractivity contribution in [3.8, 4) is 66.8 Å². The minimum Gasteiger partial charge on any atom is -0.437 e. The van der Waals surface area contributed by atoms with Gasteiger partial charge in [-0.05, 0) is 140 Å². The molecule has 2 aromatic heterocycles. The van der Waals surface area contributed by atoms with Gasteiger partial charge in [0.25, 0.3) is 0 Å². The van der Waals surface area contributed by atoms with E-state index in [2.05, 4.69) is 322 Å². The largest absolute Gasteiger partial charge is 0.437 e. The second-order valence-electron chi connectivity index (χ2n) is 23.9. The van der Waals surface area contributed by atoms with Crippen molar-refractivity contribution in [2.45, 2.75) is 16.2 Å². The summed E-state index contributed by atoms with van der Waals surface area (Å²) in [6, 6.07) is 123. The Balaban J connectivity index is 1.03. The van der Waals surface area contributed by atoms with Gasteiger partial charge in [0, 0.05) is 22.5 Å². The summed E-state index contributed by atoms with van der Waals surface area (Å²) >= 11 is 0. The van der Waals surface area contributed by atoms with Gasteiger partial charge in [0.05, 0.1) is 16.2 Å². The Morgan fingerprint density at radius 3 is 0.932 bits per heavy atom. The highest BCUT2D eigenvalue weighted by molar-refractivity contribution is 6.11. The minimum absolute atomic E-state index is 0.634. The van der Waals surface area contributed by atoms with Crippen LogP contribution < -0.4 is 0 Å². The zero-order valence-corrected chi connectivity index (χ0v) is 48.1. The molecular weight excluding hydrogens is 1060 g/mol. The molecule has 0 N–H and O–H groups in total. The summed E-state index contributed by atoms with van der Waals surface area (Å²) in [6.07, 6.45) is 1.83. The molecule has 0 aliphatic heterocycles. The predicted molar refractivity (Wildman–Crippen MR) is 360 cm³/mol. The van der Waals surface area contributed by atoms with Crippen LogP contribution in [0.3, 0.4) is 0 Å². The average molecular weight is 1120 g/mol. The molecule has 0 amide bonds. The lowest BCUT2D eigenvalue weighted by molar-refractivity contribution is 0.654.